The molecule has 0 aromatic heterocycles. The molecule has 130 valence electrons. The van der Waals surface area contributed by atoms with E-state index < -0.39 is 0 Å². The lowest BCUT2D eigenvalue weighted by Crippen LogP contribution is -1.90. The highest BCUT2D eigenvalue weighted by molar-refractivity contribution is 8.76. The second kappa shape index (κ2) is 9.59. The molecular formula is C18H22O4S2. The van der Waals surface area contributed by atoms with Crippen LogP contribution in [-0.2, 0) is 11.5 Å². The monoisotopic (exact) mass is 366 g/mol. The summed E-state index contributed by atoms with van der Waals surface area (Å²) < 4.78 is 21.2. The molecule has 0 saturated heterocycles. The fourth-order valence-electron chi connectivity index (χ4n) is 2.12. The Kier molecular flexibility index (Phi) is 7.46. The van der Waals surface area contributed by atoms with Crippen LogP contribution in [0.4, 0.5) is 0 Å². The summed E-state index contributed by atoms with van der Waals surface area (Å²) in [5, 5.41) is 0. The Morgan fingerprint density at radius 3 is 1.08 bits per heavy atom. The molecule has 0 atom stereocenters. The molecule has 24 heavy (non-hydrogen) atoms. The molecule has 0 spiro atoms. The lowest BCUT2D eigenvalue weighted by molar-refractivity contribution is 0.393. The van der Waals surface area contributed by atoms with Crippen molar-refractivity contribution >= 4 is 21.6 Å². The maximum Gasteiger partial charge on any atom is 0.122 e. The predicted molar refractivity (Wildman–Crippen MR) is 102 cm³/mol. The van der Waals surface area contributed by atoms with Crippen LogP contribution in [0.25, 0.3) is 0 Å². The Labute approximate surface area is 151 Å². The van der Waals surface area contributed by atoms with Gasteiger partial charge in [-0.05, 0) is 35.4 Å². The number of ether oxygens (including phenoxy) is 4. The Balaban J connectivity index is 1.91. The van der Waals surface area contributed by atoms with Gasteiger partial charge in [-0.2, -0.15) is 0 Å². The van der Waals surface area contributed by atoms with Crippen LogP contribution >= 0.6 is 21.6 Å². The summed E-state index contributed by atoms with van der Waals surface area (Å²) in [6.45, 7) is 0. The fourth-order valence-corrected chi connectivity index (χ4v) is 4.21. The van der Waals surface area contributed by atoms with Gasteiger partial charge < -0.3 is 18.9 Å². The van der Waals surface area contributed by atoms with Crippen molar-refractivity contribution in [3.63, 3.8) is 0 Å². The van der Waals surface area contributed by atoms with Crippen LogP contribution in [0.5, 0.6) is 23.0 Å². The summed E-state index contributed by atoms with van der Waals surface area (Å²) in [4.78, 5) is 0. The first kappa shape index (κ1) is 18.7. The van der Waals surface area contributed by atoms with Crippen LogP contribution in [0.2, 0.25) is 0 Å². The van der Waals surface area contributed by atoms with Crippen molar-refractivity contribution in [2.24, 2.45) is 0 Å². The van der Waals surface area contributed by atoms with Gasteiger partial charge in [-0.15, -0.1) is 0 Å². The first-order valence-electron chi connectivity index (χ1n) is 7.36. The summed E-state index contributed by atoms with van der Waals surface area (Å²) >= 11 is 0. The van der Waals surface area contributed by atoms with Gasteiger partial charge in [-0.1, -0.05) is 21.6 Å². The van der Waals surface area contributed by atoms with Gasteiger partial charge in [0.15, 0.2) is 0 Å². The molecule has 0 heterocycles. The maximum absolute atomic E-state index is 5.30. The SMILES string of the molecule is COc1cc(CSSCc2cc(OC)cc(OC)c2)cc(OC)c1. The second-order valence-electron chi connectivity index (χ2n) is 4.97. The highest BCUT2D eigenvalue weighted by Crippen LogP contribution is 2.34. The number of hydrogen-bond acceptors (Lipinski definition) is 6. The van der Waals surface area contributed by atoms with E-state index in [2.05, 4.69) is 0 Å². The zero-order valence-corrected chi connectivity index (χ0v) is 16.0. The minimum absolute atomic E-state index is 0.812. The maximum atomic E-state index is 5.30. The van der Waals surface area contributed by atoms with Crippen molar-refractivity contribution in [2.45, 2.75) is 11.5 Å². The predicted octanol–water partition coefficient (Wildman–Crippen LogP) is 4.80. The summed E-state index contributed by atoms with van der Waals surface area (Å²) in [5.41, 5.74) is 2.35. The van der Waals surface area contributed by atoms with Crippen LogP contribution in [0.15, 0.2) is 36.4 Å². The van der Waals surface area contributed by atoms with Gasteiger partial charge in [0.25, 0.3) is 0 Å². The Morgan fingerprint density at radius 2 is 0.833 bits per heavy atom. The van der Waals surface area contributed by atoms with Gasteiger partial charge in [-0.25, -0.2) is 0 Å². The van der Waals surface area contributed by atoms with Gasteiger partial charge >= 0.3 is 0 Å². The average molecular weight is 367 g/mol. The zero-order chi connectivity index (χ0) is 17.4. The molecule has 0 N–H and O–H groups in total. The largest absolute Gasteiger partial charge is 0.497 e. The molecule has 0 fully saturated rings. The molecule has 2 aromatic rings. The van der Waals surface area contributed by atoms with E-state index in [0.29, 0.717) is 0 Å². The van der Waals surface area contributed by atoms with Crippen LogP contribution in [0, 0.1) is 0 Å². The Morgan fingerprint density at radius 1 is 0.542 bits per heavy atom. The Hall–Kier alpha value is -1.66. The standard InChI is InChI=1S/C18H22O4S2/c1-19-15-5-13(6-16(9-15)20-2)11-23-24-12-14-7-17(21-3)10-18(8-14)22-4/h5-10H,11-12H2,1-4H3. The van der Waals surface area contributed by atoms with Gasteiger partial charge in [0.05, 0.1) is 28.4 Å². The van der Waals surface area contributed by atoms with E-state index in [9.17, 15) is 0 Å². The van der Waals surface area contributed by atoms with Crippen molar-refractivity contribution in [3.05, 3.63) is 47.5 Å². The van der Waals surface area contributed by atoms with Crippen molar-refractivity contribution < 1.29 is 18.9 Å². The Bertz CT molecular complexity index is 559. The van der Waals surface area contributed by atoms with Crippen LogP contribution < -0.4 is 18.9 Å². The minimum Gasteiger partial charge on any atom is -0.497 e. The molecule has 2 aromatic carbocycles. The summed E-state index contributed by atoms with van der Waals surface area (Å²) in [6, 6.07) is 11.9. The van der Waals surface area contributed by atoms with Crippen molar-refractivity contribution in [2.75, 3.05) is 28.4 Å². The molecule has 0 radical (unpaired) electrons. The van der Waals surface area contributed by atoms with Gasteiger partial charge in [0.2, 0.25) is 0 Å². The van der Waals surface area contributed by atoms with Crippen LogP contribution in [0.3, 0.4) is 0 Å². The molecule has 0 unspecified atom stereocenters. The van der Waals surface area contributed by atoms with E-state index in [4.69, 9.17) is 18.9 Å². The van der Waals surface area contributed by atoms with Gasteiger partial charge in [0, 0.05) is 23.6 Å². The van der Waals surface area contributed by atoms with Crippen LogP contribution in [-0.4, -0.2) is 28.4 Å². The molecule has 0 amide bonds. The number of hydrogen-bond donors (Lipinski definition) is 0. The molecular weight excluding hydrogens is 344 g/mol. The molecule has 0 saturated carbocycles. The van der Waals surface area contributed by atoms with Crippen LogP contribution in [0.1, 0.15) is 11.1 Å². The van der Waals surface area contributed by atoms with E-state index in [1.165, 1.54) is 11.1 Å². The smallest absolute Gasteiger partial charge is 0.122 e. The lowest BCUT2D eigenvalue weighted by atomic mass is 10.2. The highest BCUT2D eigenvalue weighted by Gasteiger charge is 2.05. The summed E-state index contributed by atoms with van der Waals surface area (Å²) in [6.07, 6.45) is 0. The fraction of sp³-hybridized carbons (Fsp3) is 0.333. The van der Waals surface area contributed by atoms with Crippen molar-refractivity contribution in [3.8, 4) is 23.0 Å². The number of benzene rings is 2. The van der Waals surface area contributed by atoms with Gasteiger partial charge in [-0.3, -0.25) is 0 Å². The molecule has 0 aliphatic heterocycles. The van der Waals surface area contributed by atoms with Crippen molar-refractivity contribution in [1.29, 1.82) is 0 Å². The third-order valence-corrected chi connectivity index (χ3v) is 5.63. The number of methoxy groups -OCH3 is 4. The van der Waals surface area contributed by atoms with E-state index in [1.807, 2.05) is 36.4 Å². The van der Waals surface area contributed by atoms with Crippen molar-refractivity contribution in [1.82, 2.24) is 0 Å². The lowest BCUT2D eigenvalue weighted by Gasteiger charge is -2.09. The quantitative estimate of drug-likeness (QED) is 0.469. The van der Waals surface area contributed by atoms with E-state index in [1.54, 1.807) is 50.0 Å². The third-order valence-electron chi connectivity index (χ3n) is 3.36. The molecule has 0 aliphatic rings. The van der Waals surface area contributed by atoms with E-state index in [0.717, 1.165) is 34.5 Å². The molecule has 0 bridgehead atoms. The molecule has 2 rings (SSSR count). The normalized spacial score (nSPS) is 10.3. The zero-order valence-electron chi connectivity index (χ0n) is 14.3. The van der Waals surface area contributed by atoms with Gasteiger partial charge in [0.1, 0.15) is 23.0 Å². The molecule has 4 nitrogen and oxygen atoms in total. The highest BCUT2D eigenvalue weighted by atomic mass is 33.1. The summed E-state index contributed by atoms with van der Waals surface area (Å²) in [5.74, 6) is 5.00. The summed E-state index contributed by atoms with van der Waals surface area (Å²) in [7, 11) is 10.2. The topological polar surface area (TPSA) is 36.9 Å². The van der Waals surface area contributed by atoms with E-state index in [-0.39, 0.29) is 0 Å². The first-order valence-corrected chi connectivity index (χ1v) is 9.85. The minimum atomic E-state index is 0.812. The third kappa shape index (κ3) is 5.46. The second-order valence-corrected chi connectivity index (χ2v) is 7.43. The number of rotatable bonds is 9. The van der Waals surface area contributed by atoms with E-state index >= 15 is 0 Å². The molecule has 0 aliphatic carbocycles. The molecule has 6 heteroatoms. The first-order chi connectivity index (χ1) is 11.7. The average Bonchev–Trinajstić information content (AvgIpc) is 2.64.